The maximum Gasteiger partial charge on any atom is 0.193 e. The monoisotopic (exact) mass is 331 g/mol. The van der Waals surface area contributed by atoms with Gasteiger partial charge < -0.3 is 5.73 Å². The Morgan fingerprint density at radius 1 is 1.15 bits per heavy atom. The number of carbonyl (C=O) groups excluding carboxylic acids is 1. The number of hydrogen-bond acceptors (Lipinski definition) is 2. The van der Waals surface area contributed by atoms with Crippen LogP contribution < -0.4 is 5.73 Å². The van der Waals surface area contributed by atoms with Gasteiger partial charge in [0.1, 0.15) is 0 Å². The number of ketones is 1. The van der Waals surface area contributed by atoms with Crippen molar-refractivity contribution in [3.05, 3.63) is 63.1 Å². The Morgan fingerprint density at radius 3 is 2.30 bits per heavy atom. The van der Waals surface area contributed by atoms with E-state index < -0.39 is 0 Å². The fourth-order valence-electron chi connectivity index (χ4n) is 2.11. The van der Waals surface area contributed by atoms with E-state index in [1.54, 1.807) is 0 Å². The van der Waals surface area contributed by atoms with Gasteiger partial charge in [-0.1, -0.05) is 54.0 Å². The highest BCUT2D eigenvalue weighted by Crippen LogP contribution is 2.25. The molecule has 0 aromatic heterocycles. The molecular formula is C17H18BrNO. The topological polar surface area (TPSA) is 43.1 Å². The fraction of sp³-hybridized carbons (Fsp3) is 0.235. The molecule has 2 rings (SSSR count). The molecule has 0 bridgehead atoms. The van der Waals surface area contributed by atoms with Crippen LogP contribution in [-0.2, 0) is 0 Å². The van der Waals surface area contributed by atoms with Crippen molar-refractivity contribution in [1.82, 2.24) is 0 Å². The van der Waals surface area contributed by atoms with Gasteiger partial charge in [-0.15, -0.1) is 0 Å². The van der Waals surface area contributed by atoms with Crippen molar-refractivity contribution in [3.63, 3.8) is 0 Å². The molecule has 2 aromatic rings. The van der Waals surface area contributed by atoms with Gasteiger partial charge in [0, 0.05) is 21.3 Å². The number of benzene rings is 2. The Bertz CT molecular complexity index is 645. The predicted molar refractivity (Wildman–Crippen MR) is 87.3 cm³/mol. The lowest BCUT2D eigenvalue weighted by atomic mass is 9.95. The van der Waals surface area contributed by atoms with Gasteiger partial charge in [0.2, 0.25) is 0 Å². The van der Waals surface area contributed by atoms with E-state index in [9.17, 15) is 4.79 Å². The molecule has 3 heteroatoms. The molecule has 2 nitrogen and oxygen atoms in total. The van der Waals surface area contributed by atoms with Gasteiger partial charge in [-0.25, -0.2) is 0 Å². The molecular weight excluding hydrogens is 314 g/mol. The summed E-state index contributed by atoms with van der Waals surface area (Å²) in [6.45, 7) is 6.14. The lowest BCUT2D eigenvalue weighted by Gasteiger charge is -2.10. The van der Waals surface area contributed by atoms with Crippen molar-refractivity contribution in [3.8, 4) is 0 Å². The molecule has 0 spiro atoms. The summed E-state index contributed by atoms with van der Waals surface area (Å²) in [5.74, 6) is 0.466. The quantitative estimate of drug-likeness (QED) is 0.654. The van der Waals surface area contributed by atoms with Gasteiger partial charge >= 0.3 is 0 Å². The number of carbonyl (C=O) groups is 1. The lowest BCUT2D eigenvalue weighted by Crippen LogP contribution is -2.06. The van der Waals surface area contributed by atoms with E-state index in [1.807, 2.05) is 43.3 Å². The van der Waals surface area contributed by atoms with Gasteiger partial charge in [0.25, 0.3) is 0 Å². The minimum absolute atomic E-state index is 0.00538. The lowest BCUT2D eigenvalue weighted by molar-refractivity contribution is 0.103. The molecule has 2 N–H and O–H groups in total. The van der Waals surface area contributed by atoms with Crippen LogP contribution in [0.4, 0.5) is 5.69 Å². The van der Waals surface area contributed by atoms with Gasteiger partial charge in [-0.05, 0) is 36.1 Å². The van der Waals surface area contributed by atoms with Crippen LogP contribution in [0, 0.1) is 6.92 Å². The van der Waals surface area contributed by atoms with E-state index in [1.165, 1.54) is 5.56 Å². The van der Waals surface area contributed by atoms with Crippen molar-refractivity contribution in [1.29, 1.82) is 0 Å². The summed E-state index contributed by atoms with van der Waals surface area (Å²) < 4.78 is 0.822. The van der Waals surface area contributed by atoms with Crippen molar-refractivity contribution in [2.45, 2.75) is 26.7 Å². The predicted octanol–water partition coefficient (Wildman–Crippen LogP) is 4.69. The summed E-state index contributed by atoms with van der Waals surface area (Å²) in [6, 6.07) is 11.4. The number of halogens is 1. The Hall–Kier alpha value is -1.61. The molecule has 0 aliphatic rings. The van der Waals surface area contributed by atoms with Crippen LogP contribution in [0.15, 0.2) is 40.9 Å². The maximum absolute atomic E-state index is 12.6. The molecule has 104 valence electrons. The summed E-state index contributed by atoms with van der Waals surface area (Å²) in [7, 11) is 0. The highest BCUT2D eigenvalue weighted by Gasteiger charge is 2.14. The summed E-state index contributed by atoms with van der Waals surface area (Å²) >= 11 is 3.39. The van der Waals surface area contributed by atoms with Crippen LogP contribution in [0.25, 0.3) is 0 Å². The Balaban J connectivity index is 2.41. The third-order valence-corrected chi connectivity index (χ3v) is 3.95. The molecule has 20 heavy (non-hydrogen) atoms. The average molecular weight is 332 g/mol. The first-order valence-electron chi connectivity index (χ1n) is 6.60. The van der Waals surface area contributed by atoms with E-state index in [-0.39, 0.29) is 5.78 Å². The fourth-order valence-corrected chi connectivity index (χ4v) is 2.59. The molecule has 0 saturated heterocycles. The zero-order valence-electron chi connectivity index (χ0n) is 11.9. The number of rotatable bonds is 3. The highest BCUT2D eigenvalue weighted by molar-refractivity contribution is 9.10. The van der Waals surface area contributed by atoms with Crippen LogP contribution in [0.2, 0.25) is 0 Å². The second-order valence-electron chi connectivity index (χ2n) is 5.27. The Morgan fingerprint density at radius 2 is 1.75 bits per heavy atom. The zero-order chi connectivity index (χ0) is 14.9. The number of hydrogen-bond donors (Lipinski definition) is 1. The minimum atomic E-state index is 0.00538. The van der Waals surface area contributed by atoms with Crippen molar-refractivity contribution in [2.75, 3.05) is 5.73 Å². The van der Waals surface area contributed by atoms with Gasteiger partial charge in [-0.2, -0.15) is 0 Å². The molecule has 2 aromatic carbocycles. The molecule has 0 atom stereocenters. The zero-order valence-corrected chi connectivity index (χ0v) is 13.5. The normalized spacial score (nSPS) is 10.8. The van der Waals surface area contributed by atoms with Crippen LogP contribution in [0.5, 0.6) is 0 Å². The van der Waals surface area contributed by atoms with Crippen LogP contribution >= 0.6 is 15.9 Å². The molecule has 0 unspecified atom stereocenters. The van der Waals surface area contributed by atoms with Crippen LogP contribution in [-0.4, -0.2) is 5.78 Å². The Kier molecular flexibility index (Phi) is 4.29. The largest absolute Gasteiger partial charge is 0.398 e. The first-order valence-corrected chi connectivity index (χ1v) is 7.39. The first kappa shape index (κ1) is 14.8. The first-order chi connectivity index (χ1) is 9.40. The second kappa shape index (κ2) is 5.80. The third-order valence-electron chi connectivity index (χ3n) is 3.50. The van der Waals surface area contributed by atoms with E-state index in [0.29, 0.717) is 22.7 Å². The molecule has 0 aliphatic heterocycles. The molecule has 0 radical (unpaired) electrons. The number of anilines is 1. The standard InChI is InChI=1S/C17H18BrNO/c1-10(2)12-4-6-13(7-5-12)17(20)15-8-14(18)9-16(19)11(15)3/h4-10H,19H2,1-3H3. The van der Waals surface area contributed by atoms with Crippen molar-refractivity contribution < 1.29 is 4.79 Å². The summed E-state index contributed by atoms with van der Waals surface area (Å²) in [5.41, 5.74) is 9.94. The van der Waals surface area contributed by atoms with Crippen LogP contribution in [0.1, 0.15) is 46.8 Å². The summed E-state index contributed by atoms with van der Waals surface area (Å²) in [5, 5.41) is 0. The van der Waals surface area contributed by atoms with E-state index in [2.05, 4.69) is 29.8 Å². The molecule has 0 amide bonds. The molecule has 0 saturated carbocycles. The van der Waals surface area contributed by atoms with E-state index in [0.717, 1.165) is 10.0 Å². The van der Waals surface area contributed by atoms with Gasteiger partial charge in [0.15, 0.2) is 5.78 Å². The minimum Gasteiger partial charge on any atom is -0.398 e. The molecule has 0 heterocycles. The summed E-state index contributed by atoms with van der Waals surface area (Å²) in [4.78, 5) is 12.6. The molecule has 0 fully saturated rings. The highest BCUT2D eigenvalue weighted by atomic mass is 79.9. The number of nitrogen functional groups attached to an aromatic ring is 1. The van der Waals surface area contributed by atoms with Gasteiger partial charge in [-0.3, -0.25) is 4.79 Å². The molecule has 0 aliphatic carbocycles. The third kappa shape index (κ3) is 2.93. The van der Waals surface area contributed by atoms with Crippen LogP contribution in [0.3, 0.4) is 0 Å². The average Bonchev–Trinajstić information content (AvgIpc) is 2.42. The van der Waals surface area contributed by atoms with Gasteiger partial charge in [0.05, 0.1) is 0 Å². The number of nitrogens with two attached hydrogens (primary N) is 1. The van der Waals surface area contributed by atoms with Crippen molar-refractivity contribution >= 4 is 27.4 Å². The van der Waals surface area contributed by atoms with E-state index in [4.69, 9.17) is 5.73 Å². The SMILES string of the molecule is Cc1c(N)cc(Br)cc1C(=O)c1ccc(C(C)C)cc1. The second-order valence-corrected chi connectivity index (χ2v) is 6.19. The Labute approximate surface area is 128 Å². The summed E-state index contributed by atoms with van der Waals surface area (Å²) in [6.07, 6.45) is 0. The smallest absolute Gasteiger partial charge is 0.193 e. The maximum atomic E-state index is 12.6. The van der Waals surface area contributed by atoms with E-state index >= 15 is 0 Å². The van der Waals surface area contributed by atoms with Crippen molar-refractivity contribution in [2.24, 2.45) is 0 Å².